The van der Waals surface area contributed by atoms with E-state index in [9.17, 15) is 9.18 Å². The van der Waals surface area contributed by atoms with Crippen LogP contribution in [0.25, 0.3) is 5.69 Å². The molecule has 1 saturated heterocycles. The minimum absolute atomic E-state index is 0.0426. The number of benzene rings is 1. The predicted octanol–water partition coefficient (Wildman–Crippen LogP) is 2.62. The van der Waals surface area contributed by atoms with Crippen molar-refractivity contribution in [1.82, 2.24) is 14.6 Å². The molecule has 2 aliphatic rings. The molecule has 10 heteroatoms. The van der Waals surface area contributed by atoms with Crippen LogP contribution in [0, 0.1) is 6.92 Å². The van der Waals surface area contributed by atoms with Crippen LogP contribution in [0.3, 0.4) is 0 Å². The number of ether oxygens (including phenoxy) is 1. The molecule has 1 fully saturated rings. The van der Waals surface area contributed by atoms with E-state index < -0.39 is 5.83 Å². The van der Waals surface area contributed by atoms with E-state index in [1.807, 2.05) is 12.1 Å². The second-order valence-corrected chi connectivity index (χ2v) is 7.29. The standard InChI is InChI=1S/C20H21ClFN5O3/c1-14-8-20(28)27(19(24-14)12-30-26-11-15(22)10-23-13-26)16-2-3-18(17(21)9-16)25-4-6-29-7-5-25/h2-3,8-11H,4-7,12-13H2,1H3. The van der Waals surface area contributed by atoms with E-state index in [-0.39, 0.29) is 18.8 Å². The molecule has 0 spiro atoms. The van der Waals surface area contributed by atoms with E-state index in [0.717, 1.165) is 25.0 Å². The highest BCUT2D eigenvalue weighted by molar-refractivity contribution is 6.33. The van der Waals surface area contributed by atoms with Crippen LogP contribution in [0.2, 0.25) is 5.02 Å². The highest BCUT2D eigenvalue weighted by atomic mass is 35.5. The van der Waals surface area contributed by atoms with Gasteiger partial charge in [-0.3, -0.25) is 19.2 Å². The summed E-state index contributed by atoms with van der Waals surface area (Å²) >= 11 is 6.54. The van der Waals surface area contributed by atoms with Crippen LogP contribution in [0.15, 0.2) is 46.1 Å². The van der Waals surface area contributed by atoms with Crippen molar-refractivity contribution >= 4 is 23.5 Å². The fourth-order valence-electron chi connectivity index (χ4n) is 3.36. The third-order valence-electron chi connectivity index (χ3n) is 4.72. The largest absolute Gasteiger partial charge is 0.378 e. The lowest BCUT2D eigenvalue weighted by atomic mass is 10.2. The van der Waals surface area contributed by atoms with Gasteiger partial charge in [0.05, 0.1) is 42.0 Å². The van der Waals surface area contributed by atoms with Gasteiger partial charge in [0, 0.05) is 24.8 Å². The second kappa shape index (κ2) is 8.95. The number of rotatable bonds is 5. The third kappa shape index (κ3) is 4.53. The average Bonchev–Trinajstić information content (AvgIpc) is 2.72. The molecule has 1 aromatic carbocycles. The first-order chi connectivity index (χ1) is 14.5. The molecule has 30 heavy (non-hydrogen) atoms. The Morgan fingerprint density at radius 3 is 2.80 bits per heavy atom. The summed E-state index contributed by atoms with van der Waals surface area (Å²) in [5.41, 5.74) is 1.77. The van der Waals surface area contributed by atoms with Crippen LogP contribution in [-0.4, -0.2) is 53.8 Å². The molecular weight excluding hydrogens is 413 g/mol. The number of aromatic nitrogens is 2. The normalized spacial score (nSPS) is 16.7. The van der Waals surface area contributed by atoms with Crippen molar-refractivity contribution in [3.8, 4) is 5.69 Å². The quantitative estimate of drug-likeness (QED) is 0.721. The van der Waals surface area contributed by atoms with Crippen LogP contribution < -0.4 is 10.5 Å². The molecule has 0 radical (unpaired) electrons. The molecule has 0 saturated carbocycles. The number of hydrogen-bond donors (Lipinski definition) is 0. The molecule has 158 valence electrons. The minimum Gasteiger partial charge on any atom is -0.378 e. The van der Waals surface area contributed by atoms with Crippen molar-refractivity contribution < 1.29 is 14.0 Å². The lowest BCUT2D eigenvalue weighted by Gasteiger charge is -2.29. The van der Waals surface area contributed by atoms with Gasteiger partial charge < -0.3 is 9.64 Å². The highest BCUT2D eigenvalue weighted by Gasteiger charge is 2.17. The number of anilines is 1. The number of hydroxylamine groups is 2. The zero-order valence-corrected chi connectivity index (χ0v) is 17.2. The third-order valence-corrected chi connectivity index (χ3v) is 5.02. The van der Waals surface area contributed by atoms with Gasteiger partial charge in [0.25, 0.3) is 5.56 Å². The summed E-state index contributed by atoms with van der Waals surface area (Å²) in [6.07, 6.45) is 2.32. The maximum atomic E-state index is 13.4. The van der Waals surface area contributed by atoms with E-state index in [4.69, 9.17) is 21.2 Å². The van der Waals surface area contributed by atoms with Gasteiger partial charge in [-0.25, -0.2) is 14.4 Å². The van der Waals surface area contributed by atoms with E-state index in [2.05, 4.69) is 14.9 Å². The lowest BCUT2D eigenvalue weighted by Crippen LogP contribution is -2.36. The van der Waals surface area contributed by atoms with Crippen molar-refractivity contribution in [3.63, 3.8) is 0 Å². The Balaban J connectivity index is 1.62. The van der Waals surface area contributed by atoms with Crippen LogP contribution >= 0.6 is 11.6 Å². The number of aliphatic imine (C=N–C) groups is 1. The first-order valence-corrected chi connectivity index (χ1v) is 9.88. The Kier molecular flexibility index (Phi) is 6.12. The molecule has 2 aromatic rings. The Labute approximate surface area is 177 Å². The first kappa shape index (κ1) is 20.5. The van der Waals surface area contributed by atoms with E-state index in [1.54, 1.807) is 13.0 Å². The molecule has 1 aromatic heterocycles. The number of morpholine rings is 1. The smallest absolute Gasteiger partial charge is 0.258 e. The number of allylic oxidation sites excluding steroid dienone is 1. The van der Waals surface area contributed by atoms with Crippen LogP contribution in [0.4, 0.5) is 10.1 Å². The fourth-order valence-corrected chi connectivity index (χ4v) is 3.66. The number of nitrogens with zero attached hydrogens (tertiary/aromatic N) is 5. The van der Waals surface area contributed by atoms with Gasteiger partial charge in [-0.1, -0.05) is 11.6 Å². The van der Waals surface area contributed by atoms with E-state index in [0.29, 0.717) is 35.4 Å². The van der Waals surface area contributed by atoms with Gasteiger partial charge in [0.15, 0.2) is 5.83 Å². The van der Waals surface area contributed by atoms with Crippen molar-refractivity contribution in [2.24, 2.45) is 4.99 Å². The SMILES string of the molecule is Cc1cc(=O)n(-c2ccc(N3CCOCC3)c(Cl)c2)c(CON2C=C(F)C=NC2)n1. The van der Waals surface area contributed by atoms with E-state index in [1.165, 1.54) is 21.9 Å². The van der Waals surface area contributed by atoms with Gasteiger partial charge in [-0.05, 0) is 25.1 Å². The zero-order valence-electron chi connectivity index (χ0n) is 16.4. The Morgan fingerprint density at radius 2 is 2.07 bits per heavy atom. The summed E-state index contributed by atoms with van der Waals surface area (Å²) in [6, 6.07) is 6.89. The Bertz CT molecular complexity index is 1050. The first-order valence-electron chi connectivity index (χ1n) is 9.50. The summed E-state index contributed by atoms with van der Waals surface area (Å²) in [5.74, 6) is -0.139. The molecule has 0 aliphatic carbocycles. The van der Waals surface area contributed by atoms with Gasteiger partial charge in [0.2, 0.25) is 0 Å². The summed E-state index contributed by atoms with van der Waals surface area (Å²) in [6.45, 7) is 4.66. The van der Waals surface area contributed by atoms with Crippen molar-refractivity contribution in [1.29, 1.82) is 0 Å². The maximum Gasteiger partial charge on any atom is 0.258 e. The molecule has 3 heterocycles. The van der Waals surface area contributed by atoms with E-state index >= 15 is 0 Å². The van der Waals surface area contributed by atoms with Crippen LogP contribution in [0.1, 0.15) is 11.5 Å². The molecular formula is C20H21ClFN5O3. The second-order valence-electron chi connectivity index (χ2n) is 6.88. The van der Waals surface area contributed by atoms with Gasteiger partial charge in [-0.15, -0.1) is 0 Å². The lowest BCUT2D eigenvalue weighted by molar-refractivity contribution is -0.134. The van der Waals surface area contributed by atoms with Crippen LogP contribution in [0.5, 0.6) is 0 Å². The summed E-state index contributed by atoms with van der Waals surface area (Å²) in [7, 11) is 0. The Morgan fingerprint density at radius 1 is 1.27 bits per heavy atom. The van der Waals surface area contributed by atoms with Crippen molar-refractivity contribution in [2.75, 3.05) is 37.9 Å². The minimum atomic E-state index is -0.513. The van der Waals surface area contributed by atoms with Gasteiger partial charge in [0.1, 0.15) is 19.1 Å². The topological polar surface area (TPSA) is 72.2 Å². The summed E-state index contributed by atoms with van der Waals surface area (Å²) in [4.78, 5) is 28.8. The number of hydrogen-bond acceptors (Lipinski definition) is 7. The molecule has 2 aliphatic heterocycles. The number of aryl methyl sites for hydroxylation is 1. The zero-order chi connectivity index (χ0) is 21.1. The van der Waals surface area contributed by atoms with Gasteiger partial charge >= 0.3 is 0 Å². The predicted molar refractivity (Wildman–Crippen MR) is 112 cm³/mol. The molecule has 0 atom stereocenters. The molecule has 8 nitrogen and oxygen atoms in total. The molecule has 4 rings (SSSR count). The van der Waals surface area contributed by atoms with Crippen molar-refractivity contribution in [2.45, 2.75) is 13.5 Å². The molecule has 0 unspecified atom stereocenters. The molecule has 0 N–H and O–H groups in total. The monoisotopic (exact) mass is 433 g/mol. The van der Waals surface area contributed by atoms with Gasteiger partial charge in [-0.2, -0.15) is 0 Å². The summed E-state index contributed by atoms with van der Waals surface area (Å²) in [5, 5.41) is 1.78. The molecule has 0 amide bonds. The fraction of sp³-hybridized carbons (Fsp3) is 0.350. The average molecular weight is 434 g/mol. The molecule has 0 bridgehead atoms. The van der Waals surface area contributed by atoms with Crippen LogP contribution in [-0.2, 0) is 16.2 Å². The highest BCUT2D eigenvalue weighted by Crippen LogP contribution is 2.29. The number of halogens is 2. The van der Waals surface area contributed by atoms with Crippen molar-refractivity contribution in [3.05, 3.63) is 63.2 Å². The summed E-state index contributed by atoms with van der Waals surface area (Å²) < 4.78 is 20.2. The maximum absolute atomic E-state index is 13.4. The Hall–Kier alpha value is -2.75.